The number of rotatable bonds is 3. The van der Waals surface area contributed by atoms with E-state index in [1.807, 2.05) is 0 Å². The van der Waals surface area contributed by atoms with Crippen LogP contribution in [0.5, 0.6) is 0 Å². The van der Waals surface area contributed by atoms with Gasteiger partial charge in [-0.15, -0.1) is 0 Å². The van der Waals surface area contributed by atoms with Crippen LogP contribution in [-0.2, 0) is 4.74 Å². The van der Waals surface area contributed by atoms with E-state index in [9.17, 15) is 4.39 Å². The minimum atomic E-state index is -0.356. The molecule has 0 aromatic carbocycles. The molecule has 0 unspecified atom stereocenters. The van der Waals surface area contributed by atoms with Gasteiger partial charge in [-0.1, -0.05) is 11.6 Å². The molecule has 0 fully saturated rings. The van der Waals surface area contributed by atoms with Crippen LogP contribution in [0.15, 0.2) is 11.6 Å². The van der Waals surface area contributed by atoms with Crippen molar-refractivity contribution in [1.29, 1.82) is 0 Å². The van der Waals surface area contributed by atoms with E-state index < -0.39 is 0 Å². The summed E-state index contributed by atoms with van der Waals surface area (Å²) < 4.78 is 17.3. The van der Waals surface area contributed by atoms with E-state index in [4.69, 9.17) is 4.74 Å². The molecule has 1 nitrogen and oxygen atoms in total. The molecular formula is C11H19FO. The molecule has 0 aromatic heterocycles. The van der Waals surface area contributed by atoms with Crippen molar-refractivity contribution in [3.8, 4) is 0 Å². The highest BCUT2D eigenvalue weighted by Gasteiger charge is 2.10. The second-order valence-corrected chi connectivity index (χ2v) is 3.70. The van der Waals surface area contributed by atoms with E-state index in [-0.39, 0.29) is 13.3 Å². The Morgan fingerprint density at radius 1 is 1.54 bits per heavy atom. The predicted octanol–water partition coefficient (Wildman–Crippen LogP) is 3.25. The zero-order chi connectivity index (χ0) is 9.52. The molecule has 2 heteroatoms. The second kappa shape index (κ2) is 6.14. The fourth-order valence-electron chi connectivity index (χ4n) is 1.71. The molecule has 1 aliphatic carbocycles. The average molecular weight is 186 g/mol. The Bertz CT molecular complexity index is 165. The summed E-state index contributed by atoms with van der Waals surface area (Å²) in [5.74, 6) is 0. The summed E-state index contributed by atoms with van der Waals surface area (Å²) in [6.07, 6.45) is 8.18. The third-order valence-electron chi connectivity index (χ3n) is 2.51. The van der Waals surface area contributed by atoms with Crippen LogP contribution < -0.4 is 0 Å². The number of ether oxygens (including phenoxy) is 1. The van der Waals surface area contributed by atoms with Crippen LogP contribution in [0, 0.1) is 0 Å². The molecule has 76 valence electrons. The molecule has 0 saturated carbocycles. The first kappa shape index (κ1) is 10.7. The van der Waals surface area contributed by atoms with E-state index >= 15 is 0 Å². The van der Waals surface area contributed by atoms with Gasteiger partial charge >= 0.3 is 0 Å². The molecule has 1 aliphatic rings. The van der Waals surface area contributed by atoms with Crippen molar-refractivity contribution >= 4 is 0 Å². The van der Waals surface area contributed by atoms with Gasteiger partial charge in [0, 0.05) is 0 Å². The van der Waals surface area contributed by atoms with Crippen molar-refractivity contribution in [3.05, 3.63) is 11.6 Å². The lowest BCUT2D eigenvalue weighted by atomic mass is 9.99. The maximum absolute atomic E-state index is 11.9. The molecule has 1 rings (SSSR count). The largest absolute Gasteiger partial charge is 0.375 e. The Morgan fingerprint density at radius 2 is 2.38 bits per heavy atom. The molecule has 0 heterocycles. The van der Waals surface area contributed by atoms with Crippen molar-refractivity contribution in [2.24, 2.45) is 0 Å². The van der Waals surface area contributed by atoms with Crippen LogP contribution in [-0.4, -0.2) is 19.4 Å². The highest BCUT2D eigenvalue weighted by atomic mass is 19.1. The van der Waals surface area contributed by atoms with Crippen molar-refractivity contribution in [3.63, 3.8) is 0 Å². The standard InChI is InChI=1S/C11H19FO/c1-10-4-2-3-5-11(7-6-10)13-9-8-12/h4,11H,2-3,5-9H2,1H3/b10-4+/t11-/m0/s1. The van der Waals surface area contributed by atoms with Crippen LogP contribution in [0.3, 0.4) is 0 Å². The summed E-state index contributed by atoms with van der Waals surface area (Å²) in [6, 6.07) is 0. The van der Waals surface area contributed by atoms with Crippen molar-refractivity contribution in [2.45, 2.75) is 45.1 Å². The molecular weight excluding hydrogens is 167 g/mol. The zero-order valence-electron chi connectivity index (χ0n) is 8.39. The molecule has 0 radical (unpaired) electrons. The first-order valence-corrected chi connectivity index (χ1v) is 5.16. The van der Waals surface area contributed by atoms with E-state index in [2.05, 4.69) is 13.0 Å². The highest BCUT2D eigenvalue weighted by molar-refractivity contribution is 4.99. The summed E-state index contributed by atoms with van der Waals surface area (Å²) in [7, 11) is 0. The Balaban J connectivity index is 2.28. The Kier molecular flexibility index (Phi) is 5.06. The minimum Gasteiger partial charge on any atom is -0.375 e. The first-order chi connectivity index (χ1) is 6.33. The van der Waals surface area contributed by atoms with Crippen LogP contribution in [0.4, 0.5) is 4.39 Å². The number of allylic oxidation sites excluding steroid dienone is 2. The lowest BCUT2D eigenvalue weighted by Crippen LogP contribution is -2.15. The van der Waals surface area contributed by atoms with Gasteiger partial charge in [0.15, 0.2) is 0 Å². The monoisotopic (exact) mass is 186 g/mol. The molecule has 0 saturated heterocycles. The Hall–Kier alpha value is -0.370. The molecule has 0 spiro atoms. The maximum atomic E-state index is 11.9. The van der Waals surface area contributed by atoms with Gasteiger partial charge in [0.2, 0.25) is 0 Å². The SMILES string of the molecule is C/C1=C\CCC[C@H](OCCF)CC1. The quantitative estimate of drug-likeness (QED) is 0.615. The number of hydrogen-bond acceptors (Lipinski definition) is 1. The molecule has 0 bridgehead atoms. The number of alkyl halides is 1. The average Bonchev–Trinajstić information content (AvgIpc) is 2.11. The molecule has 0 amide bonds. The fourth-order valence-corrected chi connectivity index (χ4v) is 1.71. The molecule has 0 aromatic rings. The van der Waals surface area contributed by atoms with E-state index in [1.165, 1.54) is 12.0 Å². The van der Waals surface area contributed by atoms with Crippen molar-refractivity contribution in [1.82, 2.24) is 0 Å². The van der Waals surface area contributed by atoms with E-state index in [1.54, 1.807) is 0 Å². The van der Waals surface area contributed by atoms with Gasteiger partial charge in [-0.05, 0) is 39.0 Å². The van der Waals surface area contributed by atoms with Gasteiger partial charge in [0.05, 0.1) is 12.7 Å². The fraction of sp³-hybridized carbons (Fsp3) is 0.818. The first-order valence-electron chi connectivity index (χ1n) is 5.16. The summed E-state index contributed by atoms with van der Waals surface area (Å²) in [5.41, 5.74) is 1.45. The summed E-state index contributed by atoms with van der Waals surface area (Å²) >= 11 is 0. The minimum absolute atomic E-state index is 0.271. The topological polar surface area (TPSA) is 9.23 Å². The summed E-state index contributed by atoms with van der Waals surface area (Å²) in [6.45, 7) is 2.08. The van der Waals surface area contributed by atoms with Gasteiger partial charge < -0.3 is 4.74 Å². The predicted molar refractivity (Wildman–Crippen MR) is 52.6 cm³/mol. The number of halogens is 1. The van der Waals surface area contributed by atoms with Gasteiger partial charge in [0.1, 0.15) is 6.67 Å². The third-order valence-corrected chi connectivity index (χ3v) is 2.51. The van der Waals surface area contributed by atoms with E-state index in [0.717, 1.165) is 25.7 Å². The highest BCUT2D eigenvalue weighted by Crippen LogP contribution is 2.19. The van der Waals surface area contributed by atoms with Crippen LogP contribution in [0.25, 0.3) is 0 Å². The van der Waals surface area contributed by atoms with E-state index in [0.29, 0.717) is 6.10 Å². The molecule has 13 heavy (non-hydrogen) atoms. The second-order valence-electron chi connectivity index (χ2n) is 3.70. The third kappa shape index (κ3) is 4.41. The van der Waals surface area contributed by atoms with Gasteiger partial charge in [-0.25, -0.2) is 4.39 Å². The number of hydrogen-bond donors (Lipinski definition) is 0. The normalized spacial score (nSPS) is 28.8. The lowest BCUT2D eigenvalue weighted by Gasteiger charge is -2.19. The smallest absolute Gasteiger partial charge is 0.113 e. The van der Waals surface area contributed by atoms with Crippen LogP contribution in [0.2, 0.25) is 0 Å². The van der Waals surface area contributed by atoms with Gasteiger partial charge in [-0.2, -0.15) is 0 Å². The summed E-state index contributed by atoms with van der Waals surface area (Å²) in [5, 5.41) is 0. The van der Waals surface area contributed by atoms with Crippen molar-refractivity contribution < 1.29 is 9.13 Å². The Labute approximate surface area is 80.0 Å². The van der Waals surface area contributed by atoms with Crippen LogP contribution >= 0.6 is 0 Å². The molecule has 1 atom stereocenters. The maximum Gasteiger partial charge on any atom is 0.113 e. The Morgan fingerprint density at radius 3 is 3.15 bits per heavy atom. The molecule has 0 N–H and O–H groups in total. The summed E-state index contributed by atoms with van der Waals surface area (Å²) in [4.78, 5) is 0. The van der Waals surface area contributed by atoms with Crippen molar-refractivity contribution in [2.75, 3.05) is 13.3 Å². The molecule has 0 aliphatic heterocycles. The van der Waals surface area contributed by atoms with Gasteiger partial charge in [0.25, 0.3) is 0 Å². The lowest BCUT2D eigenvalue weighted by molar-refractivity contribution is 0.0320. The van der Waals surface area contributed by atoms with Crippen LogP contribution in [0.1, 0.15) is 39.0 Å². The zero-order valence-corrected chi connectivity index (χ0v) is 8.39. The van der Waals surface area contributed by atoms with Gasteiger partial charge in [-0.3, -0.25) is 0 Å².